The van der Waals surface area contributed by atoms with Crippen LogP contribution in [0.25, 0.3) is 0 Å². The van der Waals surface area contributed by atoms with E-state index in [9.17, 15) is 9.50 Å². The number of aliphatic hydroxyl groups excluding tert-OH is 1. The Morgan fingerprint density at radius 3 is 2.50 bits per heavy atom. The quantitative estimate of drug-likeness (QED) is 0.815. The monoisotopic (exact) mass is 329 g/mol. The lowest BCUT2D eigenvalue weighted by molar-refractivity contribution is 0.162. The van der Waals surface area contributed by atoms with Crippen LogP contribution >= 0.6 is 0 Å². The summed E-state index contributed by atoms with van der Waals surface area (Å²) in [5.74, 6) is 0.257. The Morgan fingerprint density at radius 1 is 1.08 bits per heavy atom. The lowest BCUT2D eigenvalue weighted by Crippen LogP contribution is -2.28. The largest absolute Gasteiger partial charge is 0.387 e. The van der Waals surface area contributed by atoms with Gasteiger partial charge in [0, 0.05) is 25.8 Å². The van der Waals surface area contributed by atoms with E-state index in [1.54, 1.807) is 12.1 Å². The van der Waals surface area contributed by atoms with Gasteiger partial charge in [-0.15, -0.1) is 0 Å². The van der Waals surface area contributed by atoms with Gasteiger partial charge in [0.15, 0.2) is 0 Å². The van der Waals surface area contributed by atoms with Crippen molar-refractivity contribution >= 4 is 0 Å². The van der Waals surface area contributed by atoms with Crippen LogP contribution in [-0.4, -0.2) is 24.9 Å². The van der Waals surface area contributed by atoms with Crippen molar-refractivity contribution in [3.63, 3.8) is 0 Å². The fraction of sp³-hybridized carbons (Fsp3) is 0.400. The third kappa shape index (κ3) is 4.63. The van der Waals surface area contributed by atoms with Gasteiger partial charge in [-0.05, 0) is 42.0 Å². The fourth-order valence-electron chi connectivity index (χ4n) is 3.18. The summed E-state index contributed by atoms with van der Waals surface area (Å²) in [5, 5.41) is 13.8. The minimum atomic E-state index is -0.656. The molecule has 3 atom stereocenters. The van der Waals surface area contributed by atoms with Crippen molar-refractivity contribution in [2.24, 2.45) is 5.92 Å². The average molecular weight is 329 g/mol. The molecule has 2 aromatic carbocycles. The first kappa shape index (κ1) is 17.1. The van der Waals surface area contributed by atoms with Gasteiger partial charge in [0.25, 0.3) is 0 Å². The molecule has 1 fully saturated rings. The molecule has 3 nitrogen and oxygen atoms in total. The molecule has 24 heavy (non-hydrogen) atoms. The lowest BCUT2D eigenvalue weighted by Gasteiger charge is -2.24. The summed E-state index contributed by atoms with van der Waals surface area (Å²) in [7, 11) is 0. The fourth-order valence-corrected chi connectivity index (χ4v) is 3.18. The summed E-state index contributed by atoms with van der Waals surface area (Å²) >= 11 is 0. The van der Waals surface area contributed by atoms with E-state index < -0.39 is 6.10 Å². The molecule has 0 saturated carbocycles. The summed E-state index contributed by atoms with van der Waals surface area (Å²) in [6.45, 7) is 2.08. The molecule has 2 N–H and O–H groups in total. The maximum absolute atomic E-state index is 13.0. The number of hydrogen-bond donors (Lipinski definition) is 2. The number of benzene rings is 2. The van der Waals surface area contributed by atoms with Crippen LogP contribution in [0.4, 0.5) is 4.39 Å². The molecule has 0 radical (unpaired) electrons. The number of rotatable bonds is 7. The van der Waals surface area contributed by atoms with Gasteiger partial charge < -0.3 is 15.2 Å². The maximum atomic E-state index is 13.0. The Balaban J connectivity index is 1.63. The van der Waals surface area contributed by atoms with E-state index in [1.165, 1.54) is 17.7 Å². The molecule has 1 saturated heterocycles. The smallest absolute Gasteiger partial charge is 0.123 e. The topological polar surface area (TPSA) is 41.5 Å². The molecular formula is C20H24FNO2. The van der Waals surface area contributed by atoms with E-state index in [-0.39, 0.29) is 11.9 Å². The Morgan fingerprint density at radius 2 is 1.83 bits per heavy atom. The number of hydrogen-bond acceptors (Lipinski definition) is 3. The predicted molar refractivity (Wildman–Crippen MR) is 92.1 cm³/mol. The van der Waals surface area contributed by atoms with E-state index >= 15 is 0 Å². The van der Waals surface area contributed by atoms with Crippen molar-refractivity contribution in [1.29, 1.82) is 0 Å². The number of halogens is 1. The van der Waals surface area contributed by atoms with Crippen molar-refractivity contribution < 1.29 is 14.2 Å². The van der Waals surface area contributed by atoms with Crippen LogP contribution in [0.1, 0.15) is 36.1 Å². The van der Waals surface area contributed by atoms with Crippen LogP contribution in [0.15, 0.2) is 54.6 Å². The van der Waals surface area contributed by atoms with E-state index in [0.717, 1.165) is 31.6 Å². The highest BCUT2D eigenvalue weighted by Gasteiger charge is 2.22. The van der Waals surface area contributed by atoms with Crippen molar-refractivity contribution in [2.75, 3.05) is 19.8 Å². The molecule has 0 aliphatic carbocycles. The molecule has 0 spiro atoms. The first-order valence-electron chi connectivity index (χ1n) is 8.52. The normalized spacial score (nSPS) is 20.0. The zero-order valence-electron chi connectivity index (χ0n) is 13.7. The molecule has 0 aromatic heterocycles. The van der Waals surface area contributed by atoms with Crippen molar-refractivity contribution in [1.82, 2.24) is 5.32 Å². The Kier molecular flexibility index (Phi) is 5.96. The molecule has 1 aliphatic rings. The average Bonchev–Trinajstić information content (AvgIpc) is 3.13. The summed E-state index contributed by atoms with van der Waals surface area (Å²) in [6, 6.07) is 16.5. The van der Waals surface area contributed by atoms with Crippen LogP contribution in [-0.2, 0) is 4.74 Å². The van der Waals surface area contributed by atoms with Crippen LogP contribution in [0.3, 0.4) is 0 Å². The molecule has 1 aliphatic heterocycles. The Bertz CT molecular complexity index is 611. The van der Waals surface area contributed by atoms with E-state index in [2.05, 4.69) is 17.4 Å². The Hall–Kier alpha value is -1.75. The van der Waals surface area contributed by atoms with Crippen molar-refractivity contribution in [2.45, 2.75) is 25.0 Å². The van der Waals surface area contributed by atoms with E-state index in [4.69, 9.17) is 4.74 Å². The molecule has 128 valence electrons. The van der Waals surface area contributed by atoms with Gasteiger partial charge >= 0.3 is 0 Å². The highest BCUT2D eigenvalue weighted by Crippen LogP contribution is 2.27. The zero-order chi connectivity index (χ0) is 16.8. The molecule has 1 heterocycles. The van der Waals surface area contributed by atoms with Crippen LogP contribution in [0.2, 0.25) is 0 Å². The minimum Gasteiger partial charge on any atom is -0.387 e. The molecule has 0 amide bonds. The summed E-state index contributed by atoms with van der Waals surface area (Å²) in [4.78, 5) is 0. The second kappa shape index (κ2) is 8.38. The van der Waals surface area contributed by atoms with Gasteiger partial charge in [0.2, 0.25) is 0 Å². The minimum absolute atomic E-state index is 0.174. The molecular weight excluding hydrogens is 305 g/mol. The highest BCUT2D eigenvalue weighted by atomic mass is 19.1. The third-order valence-corrected chi connectivity index (χ3v) is 4.61. The number of aliphatic hydroxyl groups is 1. The van der Waals surface area contributed by atoms with Gasteiger partial charge in [-0.3, -0.25) is 0 Å². The van der Waals surface area contributed by atoms with Gasteiger partial charge in [-0.25, -0.2) is 4.39 Å². The molecule has 2 aromatic rings. The predicted octanol–water partition coefficient (Wildman–Crippen LogP) is 3.62. The van der Waals surface area contributed by atoms with Gasteiger partial charge in [0.05, 0.1) is 6.10 Å². The number of ether oxygens (including phenoxy) is 1. The van der Waals surface area contributed by atoms with Crippen LogP contribution in [0, 0.1) is 11.7 Å². The third-order valence-electron chi connectivity index (χ3n) is 4.61. The van der Waals surface area contributed by atoms with Gasteiger partial charge in [-0.1, -0.05) is 42.5 Å². The molecule has 0 bridgehead atoms. The summed E-state index contributed by atoms with van der Waals surface area (Å²) in [6.07, 6.45) is 1.42. The Labute approximate surface area is 142 Å². The van der Waals surface area contributed by atoms with Crippen LogP contribution in [0.5, 0.6) is 0 Å². The van der Waals surface area contributed by atoms with E-state index in [0.29, 0.717) is 12.5 Å². The number of nitrogens with one attached hydrogen (secondary N) is 1. The first-order chi connectivity index (χ1) is 11.7. The molecule has 3 rings (SSSR count). The molecule has 3 unspecified atom stereocenters. The maximum Gasteiger partial charge on any atom is 0.123 e. The van der Waals surface area contributed by atoms with Gasteiger partial charge in [-0.2, -0.15) is 0 Å². The first-order valence-corrected chi connectivity index (χ1v) is 8.52. The standard InChI is InChI=1S/C20H24FNO2/c21-18-8-6-17(7-9-18)20(23)13-22-19(12-15-10-11-24-14-15)16-4-2-1-3-5-16/h1-9,15,19-20,22-23H,10-14H2. The molecule has 4 heteroatoms. The van der Waals surface area contributed by atoms with Crippen molar-refractivity contribution in [3.8, 4) is 0 Å². The van der Waals surface area contributed by atoms with Crippen LogP contribution < -0.4 is 5.32 Å². The van der Waals surface area contributed by atoms with Crippen molar-refractivity contribution in [3.05, 3.63) is 71.5 Å². The second-order valence-corrected chi connectivity index (χ2v) is 6.40. The second-order valence-electron chi connectivity index (χ2n) is 6.40. The summed E-state index contributed by atoms with van der Waals surface area (Å²) in [5.41, 5.74) is 1.94. The van der Waals surface area contributed by atoms with Gasteiger partial charge in [0.1, 0.15) is 5.82 Å². The van der Waals surface area contributed by atoms with E-state index in [1.807, 2.05) is 18.2 Å². The lowest BCUT2D eigenvalue weighted by atomic mass is 9.94. The zero-order valence-corrected chi connectivity index (χ0v) is 13.7. The summed E-state index contributed by atoms with van der Waals surface area (Å²) < 4.78 is 18.5. The SMILES string of the molecule is OC(CNC(CC1CCOC1)c1ccccc1)c1ccc(F)cc1. The highest BCUT2D eigenvalue weighted by molar-refractivity contribution is 5.21.